The van der Waals surface area contributed by atoms with Crippen LogP contribution in [0.3, 0.4) is 0 Å². The third-order valence-corrected chi connectivity index (χ3v) is 4.14. The van der Waals surface area contributed by atoms with Crippen LogP contribution in [0, 0.1) is 12.3 Å². The van der Waals surface area contributed by atoms with Gasteiger partial charge in [0, 0.05) is 18.7 Å². The Morgan fingerprint density at radius 3 is 2.61 bits per heavy atom. The lowest BCUT2D eigenvalue weighted by Crippen LogP contribution is -2.39. The van der Waals surface area contributed by atoms with Gasteiger partial charge in [-0.05, 0) is 25.2 Å². The van der Waals surface area contributed by atoms with Gasteiger partial charge in [-0.1, -0.05) is 26.7 Å². The van der Waals surface area contributed by atoms with Crippen LogP contribution in [0.25, 0.3) is 0 Å². The van der Waals surface area contributed by atoms with Crippen LogP contribution in [-0.4, -0.2) is 23.1 Å². The van der Waals surface area contributed by atoms with Gasteiger partial charge in [0.1, 0.15) is 18.0 Å². The van der Waals surface area contributed by atoms with Gasteiger partial charge in [0.05, 0.1) is 0 Å². The Morgan fingerprint density at radius 2 is 1.94 bits per heavy atom. The molecule has 0 aromatic carbocycles. The highest BCUT2D eigenvalue weighted by Gasteiger charge is 2.32. The van der Waals surface area contributed by atoms with Crippen LogP contribution < -0.4 is 10.6 Å². The first kappa shape index (κ1) is 13.1. The molecule has 1 unspecified atom stereocenters. The minimum Gasteiger partial charge on any atom is -0.373 e. The molecule has 1 fully saturated rings. The van der Waals surface area contributed by atoms with Crippen molar-refractivity contribution in [3.63, 3.8) is 0 Å². The molecule has 1 aromatic heterocycles. The van der Waals surface area contributed by atoms with Crippen LogP contribution in [0.2, 0.25) is 0 Å². The summed E-state index contributed by atoms with van der Waals surface area (Å²) in [7, 11) is 1.89. The van der Waals surface area contributed by atoms with E-state index in [-0.39, 0.29) is 0 Å². The first-order chi connectivity index (χ1) is 8.54. The maximum Gasteiger partial charge on any atom is 0.134 e. The Morgan fingerprint density at radius 1 is 1.22 bits per heavy atom. The standard InChI is InChI=1S/C14H24N4/c1-10-12(15-4)16-9-17-13(10)18-11-7-5-6-8-14(11,2)3/h9,11H,5-8H2,1-4H3,(H2,15,16,17,18). The maximum atomic E-state index is 4.38. The zero-order valence-electron chi connectivity index (χ0n) is 11.9. The highest BCUT2D eigenvalue weighted by molar-refractivity contribution is 5.56. The molecule has 0 amide bonds. The summed E-state index contributed by atoms with van der Waals surface area (Å²) < 4.78 is 0. The van der Waals surface area contributed by atoms with Gasteiger partial charge in [-0.15, -0.1) is 0 Å². The Bertz CT molecular complexity index is 414. The topological polar surface area (TPSA) is 49.8 Å². The molecule has 4 nitrogen and oxygen atoms in total. The SMILES string of the molecule is CNc1ncnc(NC2CCCCC2(C)C)c1C. The molecule has 18 heavy (non-hydrogen) atoms. The van der Waals surface area contributed by atoms with Gasteiger partial charge < -0.3 is 10.6 Å². The van der Waals surface area contributed by atoms with E-state index in [2.05, 4.69) is 41.4 Å². The Labute approximate surface area is 110 Å². The molecular weight excluding hydrogens is 224 g/mol. The summed E-state index contributed by atoms with van der Waals surface area (Å²) in [5.74, 6) is 1.87. The summed E-state index contributed by atoms with van der Waals surface area (Å²) in [4.78, 5) is 8.61. The van der Waals surface area contributed by atoms with Crippen molar-refractivity contribution in [2.24, 2.45) is 5.41 Å². The predicted octanol–water partition coefficient (Wildman–Crippen LogP) is 3.21. The van der Waals surface area contributed by atoms with E-state index in [1.165, 1.54) is 25.7 Å². The summed E-state index contributed by atoms with van der Waals surface area (Å²) in [6.45, 7) is 6.75. The third kappa shape index (κ3) is 2.57. The van der Waals surface area contributed by atoms with E-state index >= 15 is 0 Å². The maximum absolute atomic E-state index is 4.38. The number of aromatic nitrogens is 2. The van der Waals surface area contributed by atoms with Crippen molar-refractivity contribution >= 4 is 11.6 Å². The monoisotopic (exact) mass is 248 g/mol. The second kappa shape index (κ2) is 5.12. The van der Waals surface area contributed by atoms with Crippen LogP contribution in [0.4, 0.5) is 11.6 Å². The van der Waals surface area contributed by atoms with Crippen LogP contribution >= 0.6 is 0 Å². The summed E-state index contributed by atoms with van der Waals surface area (Å²) in [6.07, 6.45) is 6.79. The van der Waals surface area contributed by atoms with Gasteiger partial charge in [0.2, 0.25) is 0 Å². The zero-order valence-corrected chi connectivity index (χ0v) is 11.9. The van der Waals surface area contributed by atoms with E-state index in [0.29, 0.717) is 11.5 Å². The average molecular weight is 248 g/mol. The predicted molar refractivity (Wildman–Crippen MR) is 76.0 cm³/mol. The van der Waals surface area contributed by atoms with Crippen molar-refractivity contribution in [3.05, 3.63) is 11.9 Å². The Balaban J connectivity index is 2.18. The number of nitrogens with one attached hydrogen (secondary N) is 2. The van der Waals surface area contributed by atoms with Crippen LogP contribution in [0.5, 0.6) is 0 Å². The van der Waals surface area contributed by atoms with Crippen molar-refractivity contribution in [1.82, 2.24) is 9.97 Å². The van der Waals surface area contributed by atoms with E-state index in [1.54, 1.807) is 6.33 Å². The molecule has 1 aliphatic carbocycles. The lowest BCUT2D eigenvalue weighted by Gasteiger charge is -2.39. The average Bonchev–Trinajstić information content (AvgIpc) is 2.34. The van der Waals surface area contributed by atoms with Gasteiger partial charge >= 0.3 is 0 Å². The highest BCUT2D eigenvalue weighted by Crippen LogP contribution is 2.37. The second-order valence-corrected chi connectivity index (χ2v) is 5.88. The molecular formula is C14H24N4. The Hall–Kier alpha value is -1.32. The minimum absolute atomic E-state index is 0.343. The lowest BCUT2D eigenvalue weighted by atomic mass is 9.73. The molecule has 2 rings (SSSR count). The van der Waals surface area contributed by atoms with Gasteiger partial charge in [-0.2, -0.15) is 0 Å². The molecule has 1 aromatic rings. The molecule has 0 saturated heterocycles. The largest absolute Gasteiger partial charge is 0.373 e. The first-order valence-corrected chi connectivity index (χ1v) is 6.80. The van der Waals surface area contributed by atoms with Crippen molar-refractivity contribution in [3.8, 4) is 0 Å². The molecule has 1 saturated carbocycles. The highest BCUT2D eigenvalue weighted by atomic mass is 15.1. The summed E-state index contributed by atoms with van der Waals surface area (Å²) >= 11 is 0. The van der Waals surface area contributed by atoms with Crippen molar-refractivity contribution in [2.75, 3.05) is 17.7 Å². The molecule has 0 aliphatic heterocycles. The third-order valence-electron chi connectivity index (χ3n) is 4.14. The molecule has 0 spiro atoms. The molecule has 0 radical (unpaired) electrons. The summed E-state index contributed by atoms with van der Waals surface area (Å²) in [5, 5.41) is 6.73. The number of rotatable bonds is 3. The normalized spacial score (nSPS) is 22.6. The second-order valence-electron chi connectivity index (χ2n) is 5.88. The van der Waals surface area contributed by atoms with Crippen molar-refractivity contribution in [1.29, 1.82) is 0 Å². The van der Waals surface area contributed by atoms with Crippen molar-refractivity contribution < 1.29 is 0 Å². The van der Waals surface area contributed by atoms with E-state index in [9.17, 15) is 0 Å². The van der Waals surface area contributed by atoms with E-state index < -0.39 is 0 Å². The fourth-order valence-corrected chi connectivity index (χ4v) is 2.77. The smallest absolute Gasteiger partial charge is 0.134 e. The van der Waals surface area contributed by atoms with Crippen LogP contribution in [0.15, 0.2) is 6.33 Å². The van der Waals surface area contributed by atoms with Crippen LogP contribution in [-0.2, 0) is 0 Å². The number of hydrogen-bond donors (Lipinski definition) is 2. The van der Waals surface area contributed by atoms with Crippen molar-refractivity contribution in [2.45, 2.75) is 52.5 Å². The number of anilines is 2. The van der Waals surface area contributed by atoms with E-state index in [4.69, 9.17) is 0 Å². The minimum atomic E-state index is 0.343. The summed E-state index contributed by atoms with van der Waals surface area (Å²) in [5.41, 5.74) is 1.44. The first-order valence-electron chi connectivity index (χ1n) is 6.80. The van der Waals surface area contributed by atoms with E-state index in [1.807, 2.05) is 7.05 Å². The Kier molecular flexibility index (Phi) is 3.73. The molecule has 1 heterocycles. The van der Waals surface area contributed by atoms with Crippen LogP contribution in [0.1, 0.15) is 45.1 Å². The van der Waals surface area contributed by atoms with E-state index in [0.717, 1.165) is 17.2 Å². The molecule has 100 valence electrons. The fourth-order valence-electron chi connectivity index (χ4n) is 2.77. The lowest BCUT2D eigenvalue weighted by molar-refractivity contribution is 0.216. The quantitative estimate of drug-likeness (QED) is 0.862. The zero-order chi connectivity index (χ0) is 13.2. The number of nitrogens with zero attached hydrogens (tertiary/aromatic N) is 2. The molecule has 0 bridgehead atoms. The van der Waals surface area contributed by atoms with Gasteiger partial charge in [0.15, 0.2) is 0 Å². The molecule has 2 N–H and O–H groups in total. The molecule has 1 aliphatic rings. The molecule has 1 atom stereocenters. The summed E-state index contributed by atoms with van der Waals surface area (Å²) in [6, 6.07) is 0.504. The number of hydrogen-bond acceptors (Lipinski definition) is 4. The molecule has 4 heteroatoms. The fraction of sp³-hybridized carbons (Fsp3) is 0.714. The van der Waals surface area contributed by atoms with Gasteiger partial charge in [0.25, 0.3) is 0 Å². The van der Waals surface area contributed by atoms with Gasteiger partial charge in [-0.3, -0.25) is 0 Å². The van der Waals surface area contributed by atoms with Gasteiger partial charge in [-0.25, -0.2) is 9.97 Å².